The van der Waals surface area contributed by atoms with Crippen LogP contribution >= 0.6 is 38.9 Å². The number of halogens is 2. The van der Waals surface area contributed by atoms with Crippen molar-refractivity contribution in [3.8, 4) is 0 Å². The van der Waals surface area contributed by atoms with Gasteiger partial charge in [-0.2, -0.15) is 0 Å². The minimum Gasteiger partial charge on any atom is -0.321 e. The van der Waals surface area contributed by atoms with E-state index in [1.807, 2.05) is 6.07 Å². The number of hydrogen-bond acceptors (Lipinski definition) is 4. The van der Waals surface area contributed by atoms with Gasteiger partial charge < -0.3 is 10.6 Å². The highest BCUT2D eigenvalue weighted by Gasteiger charge is 2.13. The molecule has 1 heterocycles. The number of amides is 3. The topological polar surface area (TPSA) is 87.3 Å². The van der Waals surface area contributed by atoms with Gasteiger partial charge in [-0.05, 0) is 58.4 Å². The molecule has 1 aromatic heterocycles. The van der Waals surface area contributed by atoms with E-state index in [1.54, 1.807) is 54.6 Å². The lowest BCUT2D eigenvalue weighted by Gasteiger charge is -2.11. The predicted molar refractivity (Wildman–Crippen MR) is 116 cm³/mol. The van der Waals surface area contributed by atoms with Gasteiger partial charge in [0.1, 0.15) is 4.21 Å². The molecule has 2 aromatic carbocycles. The molecule has 0 fully saturated rings. The van der Waals surface area contributed by atoms with Gasteiger partial charge in [0, 0.05) is 15.7 Å². The standard InChI is InChI=1S/C18H13BrClN3O3S2/c19-13-10-12(21-18(25)23-28(26)16-9-8-15(20)27-16)6-7-14(13)22-17(24)11-4-2-1-3-5-11/h1-10H,(H,22,24)(H2,21,23,25). The van der Waals surface area contributed by atoms with Gasteiger partial charge in [-0.3, -0.25) is 9.52 Å². The van der Waals surface area contributed by atoms with Crippen LogP contribution in [0.15, 0.2) is 69.3 Å². The average Bonchev–Trinajstić information content (AvgIpc) is 3.11. The Kier molecular flexibility index (Phi) is 6.84. The number of nitrogens with one attached hydrogen (secondary N) is 3. The second kappa shape index (κ2) is 9.33. The molecule has 0 saturated heterocycles. The van der Waals surface area contributed by atoms with Crippen LogP contribution in [0, 0.1) is 0 Å². The summed E-state index contributed by atoms with van der Waals surface area (Å²) in [7, 11) is -1.70. The predicted octanol–water partition coefficient (Wildman–Crippen LogP) is 5.26. The summed E-state index contributed by atoms with van der Waals surface area (Å²) in [6.45, 7) is 0. The summed E-state index contributed by atoms with van der Waals surface area (Å²) in [5.41, 5.74) is 1.55. The van der Waals surface area contributed by atoms with Crippen LogP contribution in [0.25, 0.3) is 0 Å². The summed E-state index contributed by atoms with van der Waals surface area (Å²) < 4.78 is 15.9. The molecule has 3 amide bonds. The fourth-order valence-electron chi connectivity index (χ4n) is 2.17. The van der Waals surface area contributed by atoms with E-state index in [9.17, 15) is 13.8 Å². The molecule has 0 radical (unpaired) electrons. The fraction of sp³-hybridized carbons (Fsp3) is 0. The Labute approximate surface area is 181 Å². The largest absolute Gasteiger partial charge is 0.331 e. The normalized spacial score (nSPS) is 11.5. The van der Waals surface area contributed by atoms with Crippen LogP contribution in [0.4, 0.5) is 16.2 Å². The molecule has 0 aliphatic carbocycles. The quantitative estimate of drug-likeness (QED) is 0.448. The van der Waals surface area contributed by atoms with E-state index in [1.165, 1.54) is 0 Å². The van der Waals surface area contributed by atoms with E-state index in [-0.39, 0.29) is 5.91 Å². The summed E-state index contributed by atoms with van der Waals surface area (Å²) in [5, 5.41) is 5.38. The van der Waals surface area contributed by atoms with Gasteiger partial charge in [0.2, 0.25) is 0 Å². The highest BCUT2D eigenvalue weighted by Crippen LogP contribution is 2.27. The van der Waals surface area contributed by atoms with Crippen molar-refractivity contribution >= 4 is 73.2 Å². The smallest absolute Gasteiger partial charge is 0.321 e. The minimum absolute atomic E-state index is 0.246. The zero-order chi connectivity index (χ0) is 20.1. The van der Waals surface area contributed by atoms with Crippen molar-refractivity contribution in [1.29, 1.82) is 0 Å². The van der Waals surface area contributed by atoms with E-state index < -0.39 is 17.0 Å². The molecule has 3 N–H and O–H groups in total. The molecule has 0 aliphatic heterocycles. The van der Waals surface area contributed by atoms with Crippen LogP contribution in [-0.4, -0.2) is 16.1 Å². The Balaban J connectivity index is 1.61. The van der Waals surface area contributed by atoms with Crippen LogP contribution in [0.5, 0.6) is 0 Å². The van der Waals surface area contributed by atoms with E-state index in [4.69, 9.17) is 11.6 Å². The second-order valence-corrected chi connectivity index (χ2v) is 9.41. The molecular formula is C18H13BrClN3O3S2. The maximum absolute atomic E-state index is 12.2. The fourth-order valence-corrected chi connectivity index (χ4v) is 4.77. The minimum atomic E-state index is -1.70. The zero-order valence-electron chi connectivity index (χ0n) is 14.1. The van der Waals surface area contributed by atoms with Crippen molar-refractivity contribution < 1.29 is 13.8 Å². The maximum atomic E-state index is 12.2. The molecule has 28 heavy (non-hydrogen) atoms. The molecule has 3 aromatic rings. The third-order valence-corrected chi connectivity index (χ3v) is 6.69. The van der Waals surface area contributed by atoms with Crippen LogP contribution < -0.4 is 15.4 Å². The van der Waals surface area contributed by atoms with Gasteiger partial charge in [0.05, 0.1) is 10.0 Å². The second-order valence-electron chi connectivity index (χ2n) is 5.40. The van der Waals surface area contributed by atoms with E-state index in [0.717, 1.165) is 11.3 Å². The van der Waals surface area contributed by atoms with Crippen LogP contribution in [0.2, 0.25) is 4.34 Å². The van der Waals surface area contributed by atoms with Crippen molar-refractivity contribution in [2.75, 3.05) is 10.6 Å². The lowest BCUT2D eigenvalue weighted by Crippen LogP contribution is -2.30. The van der Waals surface area contributed by atoms with Crippen LogP contribution in [0.1, 0.15) is 10.4 Å². The molecule has 0 bridgehead atoms. The van der Waals surface area contributed by atoms with Gasteiger partial charge in [0.25, 0.3) is 5.91 Å². The number of hydrogen-bond donors (Lipinski definition) is 3. The lowest BCUT2D eigenvalue weighted by atomic mass is 10.2. The van der Waals surface area contributed by atoms with E-state index in [2.05, 4.69) is 31.3 Å². The molecule has 10 heteroatoms. The van der Waals surface area contributed by atoms with Crippen LogP contribution in [-0.2, 0) is 11.0 Å². The van der Waals surface area contributed by atoms with Gasteiger partial charge in [-0.25, -0.2) is 9.00 Å². The van der Waals surface area contributed by atoms with Crippen LogP contribution in [0.3, 0.4) is 0 Å². The molecule has 1 unspecified atom stereocenters. The number of benzene rings is 2. The molecule has 6 nitrogen and oxygen atoms in total. The van der Waals surface area contributed by atoms with Gasteiger partial charge >= 0.3 is 6.03 Å². The molecule has 0 aliphatic rings. The third kappa shape index (κ3) is 5.41. The monoisotopic (exact) mass is 497 g/mol. The van der Waals surface area contributed by atoms with E-state index in [0.29, 0.717) is 30.0 Å². The van der Waals surface area contributed by atoms with Gasteiger partial charge in [-0.1, -0.05) is 29.8 Å². The number of carbonyl (C=O) groups excluding carboxylic acids is 2. The first kappa shape index (κ1) is 20.5. The molecule has 1 atom stereocenters. The Morgan fingerprint density at radius 3 is 2.39 bits per heavy atom. The molecular weight excluding hydrogens is 486 g/mol. The van der Waals surface area contributed by atoms with Crippen molar-refractivity contribution in [1.82, 2.24) is 4.72 Å². The summed E-state index contributed by atoms with van der Waals surface area (Å²) >= 11 is 10.3. The number of rotatable bonds is 5. The van der Waals surface area contributed by atoms with Crippen molar-refractivity contribution in [2.45, 2.75) is 4.21 Å². The van der Waals surface area contributed by atoms with Gasteiger partial charge in [-0.15, -0.1) is 11.3 Å². The number of carbonyl (C=O) groups is 2. The lowest BCUT2D eigenvalue weighted by molar-refractivity contribution is 0.102. The number of thiophene rings is 1. The molecule has 0 saturated carbocycles. The van der Waals surface area contributed by atoms with Crippen molar-refractivity contribution in [2.24, 2.45) is 0 Å². The Bertz CT molecular complexity index is 1040. The summed E-state index contributed by atoms with van der Waals surface area (Å²) in [5.74, 6) is -0.246. The average molecular weight is 499 g/mol. The first-order chi connectivity index (χ1) is 13.4. The van der Waals surface area contributed by atoms with Crippen molar-refractivity contribution in [3.05, 3.63) is 75.0 Å². The summed E-state index contributed by atoms with van der Waals surface area (Å²) in [4.78, 5) is 24.3. The molecule has 144 valence electrons. The maximum Gasteiger partial charge on any atom is 0.331 e. The molecule has 3 rings (SSSR count). The Hall–Kier alpha value is -2.20. The SMILES string of the molecule is O=C(Nc1ccc(NC(=O)c2ccccc2)c(Br)c1)NS(=O)c1ccc(Cl)s1. The third-order valence-electron chi connectivity index (χ3n) is 3.43. The number of urea groups is 1. The van der Waals surface area contributed by atoms with Gasteiger partial charge in [0.15, 0.2) is 11.0 Å². The highest BCUT2D eigenvalue weighted by molar-refractivity contribution is 9.10. The first-order valence-electron chi connectivity index (χ1n) is 7.83. The zero-order valence-corrected chi connectivity index (χ0v) is 18.0. The summed E-state index contributed by atoms with van der Waals surface area (Å²) in [6, 6.07) is 16.3. The molecule has 0 spiro atoms. The Morgan fingerprint density at radius 2 is 1.75 bits per heavy atom. The van der Waals surface area contributed by atoms with E-state index >= 15 is 0 Å². The summed E-state index contributed by atoms with van der Waals surface area (Å²) in [6.07, 6.45) is 0. The Morgan fingerprint density at radius 1 is 1.00 bits per heavy atom. The van der Waals surface area contributed by atoms with Crippen molar-refractivity contribution in [3.63, 3.8) is 0 Å². The first-order valence-corrected chi connectivity index (χ1v) is 11.0. The number of anilines is 2. The highest BCUT2D eigenvalue weighted by atomic mass is 79.9.